The summed E-state index contributed by atoms with van der Waals surface area (Å²) in [6.07, 6.45) is 0.0799. The van der Waals surface area contributed by atoms with E-state index in [0.29, 0.717) is 34.7 Å². The standard InChI is InChI=1S/C12H20F2N4O.ClH/c1-4-15-5-6-16-11(19)7-10-8(2)17-18(9(10)3)12(13)14;/h12,15H,4-7H2,1-3H3,(H,16,19);1H. The fraction of sp³-hybridized carbons (Fsp3) is 0.667. The van der Waals surface area contributed by atoms with Crippen molar-refractivity contribution in [1.29, 1.82) is 0 Å². The molecule has 0 aliphatic heterocycles. The summed E-state index contributed by atoms with van der Waals surface area (Å²) in [5, 5.41) is 9.56. The van der Waals surface area contributed by atoms with Crippen LogP contribution in [0.3, 0.4) is 0 Å². The molecule has 0 unspecified atom stereocenters. The van der Waals surface area contributed by atoms with Gasteiger partial charge in [-0.3, -0.25) is 4.79 Å². The summed E-state index contributed by atoms with van der Waals surface area (Å²) in [5.74, 6) is -0.182. The van der Waals surface area contributed by atoms with Crippen molar-refractivity contribution >= 4 is 18.3 Å². The maximum absolute atomic E-state index is 12.6. The highest BCUT2D eigenvalue weighted by atomic mass is 35.5. The van der Waals surface area contributed by atoms with Gasteiger partial charge < -0.3 is 10.6 Å². The number of aryl methyl sites for hydroxylation is 1. The Morgan fingerprint density at radius 1 is 1.35 bits per heavy atom. The number of aromatic nitrogens is 2. The minimum atomic E-state index is -2.68. The number of alkyl halides is 2. The van der Waals surface area contributed by atoms with E-state index in [2.05, 4.69) is 15.7 Å². The lowest BCUT2D eigenvalue weighted by Crippen LogP contribution is -2.32. The molecule has 20 heavy (non-hydrogen) atoms. The SMILES string of the molecule is CCNCCNC(=O)Cc1c(C)nn(C(F)F)c1C.Cl. The maximum Gasteiger partial charge on any atom is 0.333 e. The number of carbonyl (C=O) groups excluding carboxylic acids is 1. The van der Waals surface area contributed by atoms with Gasteiger partial charge in [0.05, 0.1) is 12.1 Å². The monoisotopic (exact) mass is 310 g/mol. The molecular weight excluding hydrogens is 290 g/mol. The van der Waals surface area contributed by atoms with Crippen LogP contribution in [0.15, 0.2) is 0 Å². The van der Waals surface area contributed by atoms with Crippen molar-refractivity contribution in [3.63, 3.8) is 0 Å². The highest BCUT2D eigenvalue weighted by molar-refractivity contribution is 5.85. The van der Waals surface area contributed by atoms with Gasteiger partial charge in [0.2, 0.25) is 5.91 Å². The predicted octanol–water partition coefficient (Wildman–Crippen LogP) is 1.59. The molecule has 0 bridgehead atoms. The Balaban J connectivity index is 0.00000361. The van der Waals surface area contributed by atoms with Crippen molar-refractivity contribution in [2.75, 3.05) is 19.6 Å². The summed E-state index contributed by atoms with van der Waals surface area (Å²) < 4.78 is 25.9. The number of hydrogen-bond donors (Lipinski definition) is 2. The number of carbonyl (C=O) groups is 1. The van der Waals surface area contributed by atoms with Gasteiger partial charge in [0.15, 0.2) is 0 Å². The summed E-state index contributed by atoms with van der Waals surface area (Å²) in [6.45, 7) is 4.54. The third kappa shape index (κ3) is 5.05. The Kier molecular flexibility index (Phi) is 8.33. The molecule has 0 radical (unpaired) electrons. The molecule has 1 rings (SSSR count). The number of halogens is 3. The van der Waals surface area contributed by atoms with Crippen LogP contribution in [-0.4, -0.2) is 35.3 Å². The third-order valence-corrected chi connectivity index (χ3v) is 2.87. The van der Waals surface area contributed by atoms with E-state index in [1.54, 1.807) is 13.8 Å². The maximum atomic E-state index is 12.6. The first-order chi connectivity index (χ1) is 8.97. The van der Waals surface area contributed by atoms with Crippen molar-refractivity contribution in [2.45, 2.75) is 33.7 Å². The van der Waals surface area contributed by atoms with Crippen LogP contribution >= 0.6 is 12.4 Å². The molecule has 5 nitrogen and oxygen atoms in total. The molecule has 0 aromatic carbocycles. The molecule has 0 saturated carbocycles. The number of rotatable bonds is 7. The van der Waals surface area contributed by atoms with Crippen molar-refractivity contribution in [1.82, 2.24) is 20.4 Å². The molecule has 0 spiro atoms. The Morgan fingerprint density at radius 3 is 2.50 bits per heavy atom. The molecule has 0 aliphatic carbocycles. The summed E-state index contributed by atoms with van der Waals surface area (Å²) >= 11 is 0. The van der Waals surface area contributed by atoms with E-state index in [4.69, 9.17) is 0 Å². The predicted molar refractivity (Wildman–Crippen MR) is 75.5 cm³/mol. The average molecular weight is 311 g/mol. The molecule has 0 aliphatic rings. The van der Waals surface area contributed by atoms with Crippen LogP contribution in [0.5, 0.6) is 0 Å². The highest BCUT2D eigenvalue weighted by Crippen LogP contribution is 2.19. The van der Waals surface area contributed by atoms with E-state index in [1.807, 2.05) is 6.92 Å². The molecule has 116 valence electrons. The largest absolute Gasteiger partial charge is 0.355 e. The molecule has 1 aromatic rings. The molecule has 1 amide bonds. The smallest absolute Gasteiger partial charge is 0.333 e. The normalized spacial score (nSPS) is 10.5. The van der Waals surface area contributed by atoms with Crippen LogP contribution in [0.1, 0.15) is 30.4 Å². The molecular formula is C12H21ClF2N4O. The van der Waals surface area contributed by atoms with Crippen molar-refractivity contribution < 1.29 is 13.6 Å². The second-order valence-electron chi connectivity index (χ2n) is 4.25. The van der Waals surface area contributed by atoms with Crippen LogP contribution in [0.25, 0.3) is 0 Å². The van der Waals surface area contributed by atoms with Gasteiger partial charge in [-0.1, -0.05) is 6.92 Å². The van der Waals surface area contributed by atoms with Crippen LogP contribution in [-0.2, 0) is 11.2 Å². The minimum Gasteiger partial charge on any atom is -0.355 e. The minimum absolute atomic E-state index is 0. The van der Waals surface area contributed by atoms with Crippen LogP contribution in [0.4, 0.5) is 8.78 Å². The van der Waals surface area contributed by atoms with Crippen LogP contribution in [0, 0.1) is 13.8 Å². The summed E-state index contributed by atoms with van der Waals surface area (Å²) in [6, 6.07) is 0. The van der Waals surface area contributed by atoms with Gasteiger partial charge in [-0.15, -0.1) is 12.4 Å². The zero-order valence-electron chi connectivity index (χ0n) is 11.9. The van der Waals surface area contributed by atoms with E-state index in [0.717, 1.165) is 6.54 Å². The first-order valence-corrected chi connectivity index (χ1v) is 6.27. The Morgan fingerprint density at radius 2 is 2.00 bits per heavy atom. The molecule has 1 heterocycles. The lowest BCUT2D eigenvalue weighted by molar-refractivity contribution is -0.120. The third-order valence-electron chi connectivity index (χ3n) is 2.87. The fourth-order valence-corrected chi connectivity index (χ4v) is 1.83. The Bertz CT molecular complexity index is 437. The zero-order chi connectivity index (χ0) is 14.4. The van der Waals surface area contributed by atoms with Gasteiger partial charge in [0.1, 0.15) is 0 Å². The van der Waals surface area contributed by atoms with E-state index >= 15 is 0 Å². The van der Waals surface area contributed by atoms with Gasteiger partial charge >= 0.3 is 6.55 Å². The van der Waals surface area contributed by atoms with Crippen molar-refractivity contribution in [3.8, 4) is 0 Å². The topological polar surface area (TPSA) is 58.9 Å². The second kappa shape index (κ2) is 8.86. The van der Waals surface area contributed by atoms with Gasteiger partial charge in [-0.05, 0) is 20.4 Å². The fourth-order valence-electron chi connectivity index (χ4n) is 1.83. The number of amides is 1. The van der Waals surface area contributed by atoms with Gasteiger partial charge in [0.25, 0.3) is 0 Å². The average Bonchev–Trinajstić information content (AvgIpc) is 2.63. The van der Waals surface area contributed by atoms with E-state index in [1.165, 1.54) is 0 Å². The van der Waals surface area contributed by atoms with Crippen molar-refractivity contribution in [2.24, 2.45) is 0 Å². The molecule has 1 aromatic heterocycles. The van der Waals surface area contributed by atoms with Crippen LogP contribution < -0.4 is 10.6 Å². The Labute approximate surface area is 123 Å². The summed E-state index contributed by atoms with van der Waals surface area (Å²) in [5.41, 5.74) is 1.38. The van der Waals surface area contributed by atoms with Gasteiger partial charge in [0, 0.05) is 24.3 Å². The zero-order valence-corrected chi connectivity index (χ0v) is 12.7. The molecule has 8 heteroatoms. The summed E-state index contributed by atoms with van der Waals surface area (Å²) in [4.78, 5) is 11.7. The number of nitrogens with one attached hydrogen (secondary N) is 2. The quantitative estimate of drug-likeness (QED) is 0.752. The van der Waals surface area contributed by atoms with Gasteiger partial charge in [-0.25, -0.2) is 4.68 Å². The number of hydrogen-bond acceptors (Lipinski definition) is 3. The Hall–Kier alpha value is -1.21. The van der Waals surface area contributed by atoms with E-state index in [9.17, 15) is 13.6 Å². The van der Waals surface area contributed by atoms with Crippen molar-refractivity contribution in [3.05, 3.63) is 17.0 Å². The molecule has 0 fully saturated rings. The molecule has 2 N–H and O–H groups in total. The lowest BCUT2D eigenvalue weighted by atomic mass is 10.1. The van der Waals surface area contributed by atoms with Gasteiger partial charge in [-0.2, -0.15) is 13.9 Å². The lowest BCUT2D eigenvalue weighted by Gasteiger charge is -2.06. The first kappa shape index (κ1) is 18.8. The summed E-state index contributed by atoms with van der Waals surface area (Å²) in [7, 11) is 0. The van der Waals surface area contributed by atoms with E-state index < -0.39 is 6.55 Å². The number of likely N-dealkylation sites (N-methyl/N-ethyl adjacent to an activating group) is 1. The first-order valence-electron chi connectivity index (χ1n) is 6.27. The molecule has 0 atom stereocenters. The highest BCUT2D eigenvalue weighted by Gasteiger charge is 2.18. The number of nitrogens with zero attached hydrogens (tertiary/aromatic N) is 2. The second-order valence-corrected chi connectivity index (χ2v) is 4.25. The van der Waals surface area contributed by atoms with Crippen LogP contribution in [0.2, 0.25) is 0 Å². The molecule has 0 saturated heterocycles. The van der Waals surface area contributed by atoms with E-state index in [-0.39, 0.29) is 24.7 Å².